The number of hydrogen-bond acceptors (Lipinski definition) is 0. The van der Waals surface area contributed by atoms with Crippen LogP contribution < -0.4 is 0 Å². The minimum absolute atomic E-state index is 0.493. The average Bonchev–Trinajstić information content (AvgIpc) is 2.95. The van der Waals surface area contributed by atoms with E-state index in [4.69, 9.17) is 0 Å². The van der Waals surface area contributed by atoms with Crippen LogP contribution in [0.1, 0.15) is 34.7 Å². The fourth-order valence-electron chi connectivity index (χ4n) is 13.3. The zero-order chi connectivity index (χ0) is 54.7. The van der Waals surface area contributed by atoms with Gasteiger partial charge in [0.1, 0.15) is 0 Å². The first kappa shape index (κ1) is 48.6. The van der Waals surface area contributed by atoms with Gasteiger partial charge in [0.25, 0.3) is 0 Å². The maximum atomic E-state index is 4.11. The van der Waals surface area contributed by atoms with Gasteiger partial charge < -0.3 is 9.13 Å². The minimum atomic E-state index is -0.493. The maximum absolute atomic E-state index is 4.11. The molecular weight excluding hydrogens is 989 g/mol. The number of aromatic nitrogens is 2. The smallest absolute Gasteiger partial charge is 0.0713 e. The molecule has 15 rings (SSSR count). The SMILES string of the molecule is C=C/C=C(\C=C(/C)c1ccccc1)n1c2ccccc2c2cc(-c3ccc4c(c3)c3ccccc3n4-c3ccc(-c4ccc(-c5cccc(C6(c7ccc(-c8ccccc8)cc7)c7ccccc7-c7ccccc76)c5)cc4)cc3)ccc21. The summed E-state index contributed by atoms with van der Waals surface area (Å²) in [6.45, 7) is 6.29. The lowest BCUT2D eigenvalue weighted by Gasteiger charge is -2.34. The van der Waals surface area contributed by atoms with Crippen molar-refractivity contribution >= 4 is 54.9 Å². The van der Waals surface area contributed by atoms with E-state index in [9.17, 15) is 0 Å². The highest BCUT2D eigenvalue weighted by molar-refractivity contribution is 6.13. The molecule has 1 aliphatic carbocycles. The van der Waals surface area contributed by atoms with E-state index in [-0.39, 0.29) is 0 Å². The van der Waals surface area contributed by atoms with Crippen LogP contribution in [0.5, 0.6) is 0 Å². The Morgan fingerprint density at radius 3 is 1.44 bits per heavy atom. The van der Waals surface area contributed by atoms with Crippen molar-refractivity contribution in [1.29, 1.82) is 0 Å². The fraction of sp³-hybridized carbons (Fsp3) is 0.0250. The molecule has 0 aliphatic heterocycles. The third kappa shape index (κ3) is 7.94. The van der Waals surface area contributed by atoms with Gasteiger partial charge in [-0.05, 0) is 163 Å². The molecule has 2 nitrogen and oxygen atoms in total. The standard InChI is InChI=1S/C80H56N2/c1-3-19-67(50-54(2)55-20-6-4-7-21-55)82-77-33-17-13-29-71(77)73-53-63(43-49-79(73)82)62-42-48-78-72(52-62)70-28-12-16-32-76(70)81(78)66-46-40-59(41-47-66)57-34-36-60(37-35-57)61-24-18-25-65(51-61)80(64-44-38-58(39-45-64)56-22-8-5-9-23-56)74-30-14-10-26-68(74)69-27-11-15-31-75(69)80/h3-53H,1H2,2H3/b54-50+,67-19+. The molecule has 0 bridgehead atoms. The molecule has 1 aliphatic rings. The molecule has 0 radical (unpaired) electrons. The number of benzene rings is 12. The lowest BCUT2D eigenvalue weighted by molar-refractivity contribution is 0.769. The molecule has 0 amide bonds. The van der Waals surface area contributed by atoms with E-state index >= 15 is 0 Å². The van der Waals surface area contributed by atoms with Gasteiger partial charge in [0.05, 0.1) is 27.5 Å². The highest BCUT2D eigenvalue weighted by Gasteiger charge is 2.46. The Hall–Kier alpha value is -10.5. The number of allylic oxidation sites excluding steroid dienone is 5. The van der Waals surface area contributed by atoms with Crippen LogP contribution >= 0.6 is 0 Å². The molecule has 0 unspecified atom stereocenters. The van der Waals surface area contributed by atoms with Crippen molar-refractivity contribution in [2.45, 2.75) is 12.3 Å². The van der Waals surface area contributed by atoms with Crippen molar-refractivity contribution < 1.29 is 0 Å². The van der Waals surface area contributed by atoms with Crippen molar-refractivity contribution in [1.82, 2.24) is 9.13 Å². The van der Waals surface area contributed by atoms with E-state index in [0.29, 0.717) is 0 Å². The van der Waals surface area contributed by atoms with Crippen molar-refractivity contribution in [3.05, 3.63) is 344 Å². The summed E-state index contributed by atoms with van der Waals surface area (Å²) >= 11 is 0. The van der Waals surface area contributed by atoms with Crippen LogP contribution in [0, 0.1) is 0 Å². The first-order chi connectivity index (χ1) is 40.5. The van der Waals surface area contributed by atoms with Crippen LogP contribution in [0.25, 0.3) is 116 Å². The monoisotopic (exact) mass is 1040 g/mol. The Labute approximate surface area is 478 Å². The van der Waals surface area contributed by atoms with Crippen LogP contribution in [0.15, 0.2) is 316 Å². The first-order valence-electron chi connectivity index (χ1n) is 28.3. The zero-order valence-electron chi connectivity index (χ0n) is 45.5. The third-order valence-corrected chi connectivity index (χ3v) is 17.2. The summed E-state index contributed by atoms with van der Waals surface area (Å²) in [5.41, 5.74) is 26.0. The van der Waals surface area contributed by atoms with Crippen LogP contribution in [0.3, 0.4) is 0 Å². The maximum Gasteiger partial charge on any atom is 0.0713 e. The van der Waals surface area contributed by atoms with Gasteiger partial charge in [0.15, 0.2) is 0 Å². The molecule has 0 N–H and O–H groups in total. The highest BCUT2D eigenvalue weighted by atomic mass is 15.0. The van der Waals surface area contributed by atoms with Crippen LogP contribution in [-0.2, 0) is 5.41 Å². The van der Waals surface area contributed by atoms with Gasteiger partial charge >= 0.3 is 0 Å². The van der Waals surface area contributed by atoms with Crippen LogP contribution in [-0.4, -0.2) is 9.13 Å². The lowest BCUT2D eigenvalue weighted by Crippen LogP contribution is -2.28. The van der Waals surface area contributed by atoms with E-state index < -0.39 is 5.41 Å². The molecule has 14 aromatic rings. The summed E-state index contributed by atoms with van der Waals surface area (Å²) in [5.74, 6) is 0. The molecule has 0 saturated heterocycles. The summed E-state index contributed by atoms with van der Waals surface area (Å²) < 4.78 is 4.78. The molecular formula is C80H56N2. The lowest BCUT2D eigenvalue weighted by atomic mass is 9.67. The number of rotatable bonds is 11. The van der Waals surface area contributed by atoms with Gasteiger partial charge in [-0.3, -0.25) is 0 Å². The Morgan fingerprint density at radius 1 is 0.354 bits per heavy atom. The summed E-state index contributed by atoms with van der Waals surface area (Å²) in [7, 11) is 0. The van der Waals surface area contributed by atoms with E-state index in [1.807, 2.05) is 6.08 Å². The summed E-state index contributed by atoms with van der Waals surface area (Å²) in [5, 5.41) is 4.89. The Kier molecular flexibility index (Phi) is 11.8. The number of nitrogens with zero attached hydrogens (tertiary/aromatic N) is 2. The molecule has 82 heavy (non-hydrogen) atoms. The van der Waals surface area contributed by atoms with Gasteiger partial charge in [-0.2, -0.15) is 0 Å². The Balaban J connectivity index is 0.747. The largest absolute Gasteiger partial charge is 0.309 e. The quantitative estimate of drug-likeness (QED) is 0.114. The summed E-state index contributed by atoms with van der Waals surface area (Å²) in [6, 6.07) is 107. The van der Waals surface area contributed by atoms with E-state index in [0.717, 1.165) is 22.4 Å². The molecule has 12 aromatic carbocycles. The predicted octanol–water partition coefficient (Wildman–Crippen LogP) is 21.1. The molecule has 2 heteroatoms. The molecule has 0 spiro atoms. The Morgan fingerprint density at radius 2 is 0.793 bits per heavy atom. The number of para-hydroxylation sites is 2. The second kappa shape index (κ2) is 20.0. The molecule has 386 valence electrons. The minimum Gasteiger partial charge on any atom is -0.309 e. The second-order valence-electron chi connectivity index (χ2n) is 21.7. The van der Waals surface area contributed by atoms with E-state index in [1.54, 1.807) is 0 Å². The second-order valence-corrected chi connectivity index (χ2v) is 21.7. The van der Waals surface area contributed by atoms with E-state index in [2.05, 4.69) is 326 Å². The van der Waals surface area contributed by atoms with E-state index in [1.165, 1.54) is 122 Å². The van der Waals surface area contributed by atoms with Gasteiger partial charge in [-0.25, -0.2) is 0 Å². The molecule has 0 fully saturated rings. The van der Waals surface area contributed by atoms with Gasteiger partial charge in [-0.1, -0.05) is 249 Å². The third-order valence-electron chi connectivity index (χ3n) is 17.2. The van der Waals surface area contributed by atoms with Crippen molar-refractivity contribution in [3.63, 3.8) is 0 Å². The van der Waals surface area contributed by atoms with Crippen LogP contribution in [0.2, 0.25) is 0 Å². The van der Waals surface area contributed by atoms with Crippen molar-refractivity contribution in [2.24, 2.45) is 0 Å². The van der Waals surface area contributed by atoms with Gasteiger partial charge in [0.2, 0.25) is 0 Å². The van der Waals surface area contributed by atoms with Gasteiger partial charge in [-0.15, -0.1) is 0 Å². The normalized spacial score (nSPS) is 13.0. The van der Waals surface area contributed by atoms with Crippen molar-refractivity contribution in [2.75, 3.05) is 0 Å². The molecule has 0 saturated carbocycles. The molecule has 2 heterocycles. The topological polar surface area (TPSA) is 9.86 Å². The summed E-state index contributed by atoms with van der Waals surface area (Å²) in [4.78, 5) is 0. The number of hydrogen-bond donors (Lipinski definition) is 0. The highest BCUT2D eigenvalue weighted by Crippen LogP contribution is 2.56. The molecule has 2 aromatic heterocycles. The average molecular weight is 1050 g/mol. The fourth-order valence-corrected chi connectivity index (χ4v) is 13.3. The number of fused-ring (bicyclic) bond motifs is 9. The summed E-state index contributed by atoms with van der Waals surface area (Å²) in [6.07, 6.45) is 6.26. The van der Waals surface area contributed by atoms with Gasteiger partial charge in [0, 0.05) is 32.9 Å². The predicted molar refractivity (Wildman–Crippen MR) is 347 cm³/mol. The zero-order valence-corrected chi connectivity index (χ0v) is 45.5. The Bertz CT molecular complexity index is 4790. The molecule has 0 atom stereocenters. The van der Waals surface area contributed by atoms with Crippen molar-refractivity contribution in [3.8, 4) is 61.3 Å². The first-order valence-corrected chi connectivity index (χ1v) is 28.3. The van der Waals surface area contributed by atoms with Crippen LogP contribution in [0.4, 0.5) is 0 Å².